The first-order chi connectivity index (χ1) is 14.1. The Labute approximate surface area is 174 Å². The number of hydrogen-bond acceptors (Lipinski definition) is 3. The lowest BCUT2D eigenvalue weighted by Gasteiger charge is -2.53. The molecule has 1 amide bonds. The molecule has 0 bridgehead atoms. The van der Waals surface area contributed by atoms with Crippen molar-refractivity contribution in [3.8, 4) is 5.75 Å². The van der Waals surface area contributed by atoms with Crippen molar-refractivity contribution in [1.82, 2.24) is 4.90 Å². The van der Waals surface area contributed by atoms with Crippen molar-refractivity contribution in [3.63, 3.8) is 0 Å². The van der Waals surface area contributed by atoms with Crippen LogP contribution in [0.2, 0.25) is 5.02 Å². The molecular weight excluding hydrogens is 393 g/mol. The lowest BCUT2D eigenvalue weighted by molar-refractivity contribution is -0.147. The Morgan fingerprint density at radius 3 is 2.66 bits per heavy atom. The molecule has 0 N–H and O–H groups in total. The van der Waals surface area contributed by atoms with Crippen LogP contribution in [0.5, 0.6) is 5.75 Å². The van der Waals surface area contributed by atoms with E-state index >= 15 is 0 Å². The number of benzene rings is 2. The summed E-state index contributed by atoms with van der Waals surface area (Å²) >= 11 is 6.23. The molecule has 2 aromatic rings. The molecule has 3 aliphatic rings. The summed E-state index contributed by atoms with van der Waals surface area (Å²) in [6, 6.07) is 11.5. The van der Waals surface area contributed by atoms with Crippen molar-refractivity contribution in [2.24, 2.45) is 5.92 Å². The van der Waals surface area contributed by atoms with Gasteiger partial charge in [-0.1, -0.05) is 11.6 Å². The summed E-state index contributed by atoms with van der Waals surface area (Å²) in [6.45, 7) is 1.98. The molecule has 29 heavy (non-hydrogen) atoms. The second kappa shape index (κ2) is 7.29. The molecule has 0 aliphatic carbocycles. The summed E-state index contributed by atoms with van der Waals surface area (Å²) in [5.74, 6) is 0.706. The first-order valence-corrected chi connectivity index (χ1v) is 10.6. The minimum absolute atomic E-state index is 0.00875. The van der Waals surface area contributed by atoms with Gasteiger partial charge in [0.1, 0.15) is 17.2 Å². The van der Waals surface area contributed by atoms with Crippen LogP contribution >= 0.6 is 11.6 Å². The topological polar surface area (TPSA) is 38.8 Å². The first-order valence-electron chi connectivity index (χ1n) is 10.2. The van der Waals surface area contributed by atoms with Gasteiger partial charge in [-0.25, -0.2) is 4.39 Å². The number of halogens is 2. The van der Waals surface area contributed by atoms with Gasteiger partial charge in [-0.3, -0.25) is 4.79 Å². The number of fused-ring (bicyclic) bond motifs is 4. The third-order valence-electron chi connectivity index (χ3n) is 6.58. The maximum atomic E-state index is 13.2. The van der Waals surface area contributed by atoms with Crippen LogP contribution in [-0.2, 0) is 4.74 Å². The Hall–Kier alpha value is -2.11. The van der Waals surface area contributed by atoms with E-state index in [2.05, 4.69) is 0 Å². The highest BCUT2D eigenvalue weighted by molar-refractivity contribution is 6.30. The minimum atomic E-state index is -0.336. The predicted octanol–water partition coefficient (Wildman–Crippen LogP) is 5.01. The second-order valence-corrected chi connectivity index (χ2v) is 8.62. The van der Waals surface area contributed by atoms with E-state index in [1.54, 1.807) is 12.1 Å². The van der Waals surface area contributed by atoms with Crippen LogP contribution in [0, 0.1) is 11.7 Å². The number of amides is 1. The maximum absolute atomic E-state index is 13.2. The monoisotopic (exact) mass is 415 g/mol. The van der Waals surface area contributed by atoms with Gasteiger partial charge in [-0.2, -0.15) is 0 Å². The Kier molecular flexibility index (Phi) is 4.75. The predicted molar refractivity (Wildman–Crippen MR) is 108 cm³/mol. The summed E-state index contributed by atoms with van der Waals surface area (Å²) < 4.78 is 26.0. The number of piperidine rings is 1. The van der Waals surface area contributed by atoms with E-state index in [0.717, 1.165) is 43.6 Å². The van der Waals surface area contributed by atoms with Crippen LogP contribution in [0.25, 0.3) is 0 Å². The van der Waals surface area contributed by atoms with Crippen LogP contribution in [0.4, 0.5) is 4.39 Å². The zero-order chi connectivity index (χ0) is 20.0. The van der Waals surface area contributed by atoms with Crippen molar-refractivity contribution in [3.05, 3.63) is 64.4 Å². The Balaban J connectivity index is 1.38. The molecule has 0 saturated carbocycles. The van der Waals surface area contributed by atoms with Crippen molar-refractivity contribution in [2.45, 2.75) is 37.4 Å². The zero-order valence-corrected chi connectivity index (χ0v) is 16.8. The number of hydrogen-bond donors (Lipinski definition) is 0. The third kappa shape index (κ3) is 3.30. The first kappa shape index (κ1) is 18.9. The summed E-state index contributed by atoms with van der Waals surface area (Å²) in [4.78, 5) is 14.7. The Morgan fingerprint density at radius 2 is 1.90 bits per heavy atom. The van der Waals surface area contributed by atoms with Gasteiger partial charge >= 0.3 is 0 Å². The van der Waals surface area contributed by atoms with Crippen LogP contribution in [-0.4, -0.2) is 36.1 Å². The molecule has 2 saturated heterocycles. The lowest BCUT2D eigenvalue weighted by atomic mass is 9.70. The summed E-state index contributed by atoms with van der Waals surface area (Å²) in [5.41, 5.74) is 1.23. The fourth-order valence-corrected chi connectivity index (χ4v) is 5.27. The molecule has 0 unspecified atom stereocenters. The third-order valence-corrected chi connectivity index (χ3v) is 6.81. The molecule has 0 radical (unpaired) electrons. The largest absolute Gasteiger partial charge is 0.486 e. The fraction of sp³-hybridized carbons (Fsp3) is 0.435. The average Bonchev–Trinajstić information content (AvgIpc) is 2.75. The van der Waals surface area contributed by atoms with Crippen LogP contribution in [0.15, 0.2) is 42.5 Å². The molecule has 1 spiro atoms. The second-order valence-electron chi connectivity index (χ2n) is 8.19. The number of carbonyl (C=O) groups excluding carboxylic acids is 1. The lowest BCUT2D eigenvalue weighted by Crippen LogP contribution is -2.57. The van der Waals surface area contributed by atoms with Gasteiger partial charge in [-0.05, 0) is 55.3 Å². The number of likely N-dealkylation sites (tertiary alicyclic amines) is 1. The maximum Gasteiger partial charge on any atom is 0.253 e. The van der Waals surface area contributed by atoms with E-state index in [0.29, 0.717) is 23.7 Å². The molecule has 4 nitrogen and oxygen atoms in total. The molecule has 2 aromatic carbocycles. The highest BCUT2D eigenvalue weighted by Gasteiger charge is 2.52. The van der Waals surface area contributed by atoms with Gasteiger partial charge in [0.15, 0.2) is 0 Å². The highest BCUT2D eigenvalue weighted by atomic mass is 35.5. The van der Waals surface area contributed by atoms with Gasteiger partial charge < -0.3 is 14.4 Å². The van der Waals surface area contributed by atoms with Gasteiger partial charge in [-0.15, -0.1) is 0 Å². The zero-order valence-electron chi connectivity index (χ0n) is 16.1. The SMILES string of the molecule is O=C(c1ccc(F)cc1)N1CCC2(CC1)Oc1ccc(Cl)cc1[C@H]1OCCC[C@@H]12. The molecule has 2 fully saturated rings. The van der Waals surface area contributed by atoms with Crippen LogP contribution in [0.3, 0.4) is 0 Å². The van der Waals surface area contributed by atoms with E-state index in [1.165, 1.54) is 12.1 Å². The molecule has 152 valence electrons. The summed E-state index contributed by atoms with van der Waals surface area (Å²) in [7, 11) is 0. The van der Waals surface area contributed by atoms with Crippen molar-refractivity contribution < 1.29 is 18.7 Å². The van der Waals surface area contributed by atoms with E-state index in [1.807, 2.05) is 23.1 Å². The standard InChI is InChI=1S/C23H23ClFNO3/c24-16-5-8-20-18(14-16)21-19(2-1-13-28-21)23(29-20)9-11-26(12-10-23)22(27)15-3-6-17(25)7-4-15/h3-8,14,19,21H,1-2,9-13H2/t19-,21+/m0/s1. The van der Waals surface area contributed by atoms with E-state index < -0.39 is 0 Å². The van der Waals surface area contributed by atoms with Crippen molar-refractivity contribution in [1.29, 1.82) is 0 Å². The normalized spacial score (nSPS) is 25.1. The van der Waals surface area contributed by atoms with E-state index in [-0.39, 0.29) is 29.3 Å². The number of ether oxygens (including phenoxy) is 2. The van der Waals surface area contributed by atoms with Gasteiger partial charge in [0.25, 0.3) is 5.91 Å². The number of rotatable bonds is 1. The molecule has 5 rings (SSSR count). The highest BCUT2D eigenvalue weighted by Crippen LogP contribution is 2.53. The van der Waals surface area contributed by atoms with E-state index in [4.69, 9.17) is 21.1 Å². The molecule has 3 aliphatic heterocycles. The summed E-state index contributed by atoms with van der Waals surface area (Å²) in [6.07, 6.45) is 3.56. The van der Waals surface area contributed by atoms with Crippen molar-refractivity contribution in [2.75, 3.05) is 19.7 Å². The number of carbonyl (C=O) groups is 1. The average molecular weight is 416 g/mol. The fourth-order valence-electron chi connectivity index (χ4n) is 5.09. The number of nitrogens with zero attached hydrogens (tertiary/aromatic N) is 1. The van der Waals surface area contributed by atoms with Gasteiger partial charge in [0, 0.05) is 54.6 Å². The molecule has 2 atom stereocenters. The minimum Gasteiger partial charge on any atom is -0.486 e. The molecular formula is C23H23ClFNO3. The van der Waals surface area contributed by atoms with E-state index in [9.17, 15) is 9.18 Å². The quantitative estimate of drug-likeness (QED) is 0.656. The Bertz CT molecular complexity index is 924. The van der Waals surface area contributed by atoms with Crippen LogP contribution in [0.1, 0.15) is 47.7 Å². The van der Waals surface area contributed by atoms with Crippen molar-refractivity contribution >= 4 is 17.5 Å². The van der Waals surface area contributed by atoms with Gasteiger partial charge in [0.2, 0.25) is 0 Å². The molecule has 6 heteroatoms. The molecule has 3 heterocycles. The smallest absolute Gasteiger partial charge is 0.253 e. The molecule has 0 aromatic heterocycles. The summed E-state index contributed by atoms with van der Waals surface area (Å²) in [5, 5.41) is 0.691. The van der Waals surface area contributed by atoms with Crippen LogP contribution < -0.4 is 4.74 Å². The van der Waals surface area contributed by atoms with Gasteiger partial charge in [0.05, 0.1) is 6.10 Å². The Morgan fingerprint density at radius 1 is 1.14 bits per heavy atom.